The lowest BCUT2D eigenvalue weighted by molar-refractivity contribution is 0.0785. The molecule has 1 amide bonds. The van der Waals surface area contributed by atoms with Crippen molar-refractivity contribution in [3.63, 3.8) is 0 Å². The molecule has 1 N–H and O–H groups in total. The molecular formula is C20H17ClFN3O3S. The van der Waals surface area contributed by atoms with E-state index in [2.05, 4.69) is 9.71 Å². The molecule has 29 heavy (non-hydrogen) atoms. The fourth-order valence-corrected chi connectivity index (χ4v) is 3.93. The summed E-state index contributed by atoms with van der Waals surface area (Å²) in [4.78, 5) is 17.9. The molecule has 1 heterocycles. The molecule has 0 aliphatic rings. The van der Waals surface area contributed by atoms with Crippen LogP contribution in [0.2, 0.25) is 5.02 Å². The van der Waals surface area contributed by atoms with Gasteiger partial charge in [-0.25, -0.2) is 12.8 Å². The normalized spacial score (nSPS) is 11.1. The number of sulfonamides is 1. The number of halogens is 2. The first kappa shape index (κ1) is 20.8. The SMILES string of the molecule is CN(Cc1cccnc1)C(=O)c1ccc(NS(=O)(=O)c2ccc(F)c(Cl)c2)cc1. The van der Waals surface area contributed by atoms with Gasteiger partial charge in [-0.05, 0) is 54.1 Å². The zero-order valence-corrected chi connectivity index (χ0v) is 16.9. The average Bonchev–Trinajstić information content (AvgIpc) is 2.70. The molecule has 1 aromatic heterocycles. The van der Waals surface area contributed by atoms with Crippen LogP contribution in [0.5, 0.6) is 0 Å². The van der Waals surface area contributed by atoms with E-state index in [9.17, 15) is 17.6 Å². The van der Waals surface area contributed by atoms with Gasteiger partial charge in [-0.2, -0.15) is 0 Å². The number of amides is 1. The van der Waals surface area contributed by atoms with Crippen molar-refractivity contribution in [3.05, 3.63) is 89.0 Å². The summed E-state index contributed by atoms with van der Waals surface area (Å²) in [7, 11) is -2.28. The number of nitrogens with zero attached hydrogens (tertiary/aromatic N) is 2. The Hall–Kier alpha value is -2.97. The predicted molar refractivity (Wildman–Crippen MR) is 109 cm³/mol. The molecule has 0 spiro atoms. The smallest absolute Gasteiger partial charge is 0.261 e. The summed E-state index contributed by atoms with van der Waals surface area (Å²) in [5.74, 6) is -0.919. The second-order valence-electron chi connectivity index (χ2n) is 6.28. The van der Waals surface area contributed by atoms with Gasteiger partial charge in [0.25, 0.3) is 15.9 Å². The van der Waals surface area contributed by atoms with Crippen molar-refractivity contribution in [1.82, 2.24) is 9.88 Å². The Labute approximate surface area is 173 Å². The number of anilines is 1. The lowest BCUT2D eigenvalue weighted by Crippen LogP contribution is -2.26. The highest BCUT2D eigenvalue weighted by molar-refractivity contribution is 7.92. The van der Waals surface area contributed by atoms with Crippen molar-refractivity contribution in [2.24, 2.45) is 0 Å². The van der Waals surface area contributed by atoms with Gasteiger partial charge in [-0.1, -0.05) is 17.7 Å². The van der Waals surface area contributed by atoms with Crippen molar-refractivity contribution in [2.75, 3.05) is 11.8 Å². The summed E-state index contributed by atoms with van der Waals surface area (Å²) in [6, 6.07) is 12.8. The van der Waals surface area contributed by atoms with E-state index in [1.54, 1.807) is 25.5 Å². The largest absolute Gasteiger partial charge is 0.337 e. The third kappa shape index (κ3) is 5.10. The Kier molecular flexibility index (Phi) is 6.14. The Morgan fingerprint density at radius 1 is 1.17 bits per heavy atom. The fraction of sp³-hybridized carbons (Fsp3) is 0.100. The maximum atomic E-state index is 13.3. The van der Waals surface area contributed by atoms with Crippen LogP contribution in [0.4, 0.5) is 10.1 Å². The molecule has 0 fully saturated rings. The second kappa shape index (κ2) is 8.59. The maximum Gasteiger partial charge on any atom is 0.261 e. The lowest BCUT2D eigenvalue weighted by Gasteiger charge is -2.17. The number of rotatable bonds is 6. The van der Waals surface area contributed by atoms with E-state index in [0.717, 1.165) is 23.8 Å². The topological polar surface area (TPSA) is 79.4 Å². The van der Waals surface area contributed by atoms with Crippen LogP contribution in [0.25, 0.3) is 0 Å². The summed E-state index contributed by atoms with van der Waals surface area (Å²) in [6.45, 7) is 0.395. The standard InChI is InChI=1S/C20H17ClFN3O3S/c1-25(13-14-3-2-10-23-12-14)20(26)15-4-6-16(7-5-15)24-29(27,28)17-8-9-19(22)18(21)11-17/h2-12,24H,13H2,1H3. The minimum absolute atomic E-state index is 0.166. The van der Waals surface area contributed by atoms with Crippen molar-refractivity contribution in [1.29, 1.82) is 0 Å². The molecule has 9 heteroatoms. The van der Waals surface area contributed by atoms with Crippen LogP contribution in [0.3, 0.4) is 0 Å². The molecule has 0 radical (unpaired) electrons. The average molecular weight is 434 g/mol. The number of nitrogens with one attached hydrogen (secondary N) is 1. The molecule has 2 aromatic carbocycles. The number of aromatic nitrogens is 1. The van der Waals surface area contributed by atoms with Crippen molar-refractivity contribution >= 4 is 33.2 Å². The van der Waals surface area contributed by atoms with Gasteiger partial charge in [0.15, 0.2) is 0 Å². The van der Waals surface area contributed by atoms with Crippen molar-refractivity contribution in [3.8, 4) is 0 Å². The zero-order chi connectivity index (χ0) is 21.0. The molecule has 0 aliphatic carbocycles. The molecule has 0 atom stereocenters. The van der Waals surface area contributed by atoms with Crippen molar-refractivity contribution in [2.45, 2.75) is 11.4 Å². The first-order valence-corrected chi connectivity index (χ1v) is 10.3. The van der Waals surface area contributed by atoms with Crippen LogP contribution in [-0.2, 0) is 16.6 Å². The van der Waals surface area contributed by atoms with Gasteiger partial charge in [0.2, 0.25) is 0 Å². The van der Waals surface area contributed by atoms with E-state index in [4.69, 9.17) is 11.6 Å². The fourth-order valence-electron chi connectivity index (χ4n) is 2.60. The number of carbonyl (C=O) groups excluding carboxylic acids is 1. The van der Waals surface area contributed by atoms with Gasteiger partial charge in [-0.15, -0.1) is 0 Å². The Morgan fingerprint density at radius 2 is 1.90 bits per heavy atom. The van der Waals surface area contributed by atoms with E-state index in [-0.39, 0.29) is 21.5 Å². The van der Waals surface area contributed by atoms with Gasteiger partial charge in [0.1, 0.15) is 5.82 Å². The van der Waals surface area contributed by atoms with Crippen LogP contribution in [0.1, 0.15) is 15.9 Å². The highest BCUT2D eigenvalue weighted by Crippen LogP contribution is 2.22. The highest BCUT2D eigenvalue weighted by Gasteiger charge is 2.17. The van der Waals surface area contributed by atoms with Gasteiger partial charge >= 0.3 is 0 Å². The molecule has 0 bridgehead atoms. The molecule has 150 valence electrons. The second-order valence-corrected chi connectivity index (χ2v) is 8.37. The van der Waals surface area contributed by atoms with Crippen LogP contribution in [0.15, 0.2) is 71.9 Å². The molecular weight excluding hydrogens is 417 g/mol. The van der Waals surface area contributed by atoms with E-state index in [1.165, 1.54) is 29.2 Å². The molecule has 3 rings (SSSR count). The summed E-state index contributed by atoms with van der Waals surface area (Å²) < 4.78 is 40.5. The Bertz CT molecular complexity index is 1120. The van der Waals surface area contributed by atoms with E-state index < -0.39 is 15.8 Å². The van der Waals surface area contributed by atoms with E-state index in [0.29, 0.717) is 12.1 Å². The van der Waals surface area contributed by atoms with Gasteiger partial charge in [-0.3, -0.25) is 14.5 Å². The quantitative estimate of drug-likeness (QED) is 0.638. The minimum Gasteiger partial charge on any atom is -0.337 e. The Balaban J connectivity index is 1.70. The highest BCUT2D eigenvalue weighted by atomic mass is 35.5. The maximum absolute atomic E-state index is 13.3. The summed E-state index contributed by atoms with van der Waals surface area (Å²) in [5.41, 5.74) is 1.56. The molecule has 0 aliphatic heterocycles. The van der Waals surface area contributed by atoms with E-state index >= 15 is 0 Å². The number of hydrogen-bond donors (Lipinski definition) is 1. The monoisotopic (exact) mass is 433 g/mol. The Morgan fingerprint density at radius 3 is 2.52 bits per heavy atom. The first-order chi connectivity index (χ1) is 13.8. The van der Waals surface area contributed by atoms with Crippen LogP contribution in [-0.4, -0.2) is 31.3 Å². The summed E-state index contributed by atoms with van der Waals surface area (Å²) in [5, 5.41) is -0.287. The summed E-state index contributed by atoms with van der Waals surface area (Å²) in [6.07, 6.45) is 3.34. The van der Waals surface area contributed by atoms with Gasteiger partial charge in [0.05, 0.1) is 9.92 Å². The lowest BCUT2D eigenvalue weighted by atomic mass is 10.1. The third-order valence-corrected chi connectivity index (χ3v) is 5.74. The number of carbonyl (C=O) groups is 1. The van der Waals surface area contributed by atoms with E-state index in [1.807, 2.05) is 6.07 Å². The zero-order valence-electron chi connectivity index (χ0n) is 15.3. The van der Waals surface area contributed by atoms with Gasteiger partial charge in [0, 0.05) is 37.2 Å². The number of pyridine rings is 1. The van der Waals surface area contributed by atoms with Gasteiger partial charge < -0.3 is 4.90 Å². The number of benzene rings is 2. The molecule has 0 saturated carbocycles. The molecule has 0 saturated heterocycles. The van der Waals surface area contributed by atoms with Crippen molar-refractivity contribution < 1.29 is 17.6 Å². The number of hydrogen-bond acceptors (Lipinski definition) is 4. The molecule has 3 aromatic rings. The van der Waals surface area contributed by atoms with Crippen LogP contribution >= 0.6 is 11.6 Å². The van der Waals surface area contributed by atoms with Crippen LogP contribution in [0, 0.1) is 5.82 Å². The molecule has 6 nitrogen and oxygen atoms in total. The van der Waals surface area contributed by atoms with Crippen LogP contribution < -0.4 is 4.72 Å². The third-order valence-electron chi connectivity index (χ3n) is 4.07. The molecule has 0 unspecified atom stereocenters. The summed E-state index contributed by atoms with van der Waals surface area (Å²) >= 11 is 5.65. The first-order valence-electron chi connectivity index (χ1n) is 8.48. The predicted octanol–water partition coefficient (Wildman–Crippen LogP) is 3.95. The minimum atomic E-state index is -3.95.